The predicted molar refractivity (Wildman–Crippen MR) is 84.2 cm³/mol. The lowest BCUT2D eigenvalue weighted by Crippen LogP contribution is -2.01. The lowest BCUT2D eigenvalue weighted by molar-refractivity contribution is 0.286. The van der Waals surface area contributed by atoms with Gasteiger partial charge in [0.25, 0.3) is 0 Å². The van der Waals surface area contributed by atoms with Crippen molar-refractivity contribution in [2.75, 3.05) is 6.61 Å². The van der Waals surface area contributed by atoms with Crippen LogP contribution in [0.25, 0.3) is 0 Å². The summed E-state index contributed by atoms with van der Waals surface area (Å²) in [5, 5.41) is 2.98. The Morgan fingerprint density at radius 1 is 1.29 bits per heavy atom. The Balaban J connectivity index is 1.75. The topological polar surface area (TPSA) is 22.1 Å². The molecule has 0 radical (unpaired) electrons. The van der Waals surface area contributed by atoms with Gasteiger partial charge in [-0.1, -0.05) is 15.9 Å². The number of aryl methyl sites for hydroxylation is 1. The number of alkyl halides is 1. The molecule has 2 rings (SSSR count). The molecule has 2 aromatic rings. The average molecular weight is 397 g/mol. The molecule has 0 atom stereocenters. The van der Waals surface area contributed by atoms with Crippen LogP contribution in [0.3, 0.4) is 0 Å². The Hall–Kier alpha value is -0.720. The van der Waals surface area contributed by atoms with Gasteiger partial charge in [-0.2, -0.15) is 4.39 Å². The Kier molecular flexibility index (Phi) is 6.39. The highest BCUT2D eigenvalue weighted by Gasteiger charge is 2.11. The van der Waals surface area contributed by atoms with Crippen LogP contribution in [0.4, 0.5) is 8.78 Å². The summed E-state index contributed by atoms with van der Waals surface area (Å²) >= 11 is 10.4. The van der Waals surface area contributed by atoms with E-state index >= 15 is 0 Å². The molecule has 0 aliphatic rings. The molecule has 0 bridgehead atoms. The van der Waals surface area contributed by atoms with Gasteiger partial charge in [0.05, 0.1) is 23.2 Å². The van der Waals surface area contributed by atoms with Crippen molar-refractivity contribution in [2.24, 2.45) is 0 Å². The molecule has 1 aromatic heterocycles. The first-order valence-corrected chi connectivity index (χ1v) is 8.57. The first-order valence-electron chi connectivity index (χ1n) is 6.36. The van der Waals surface area contributed by atoms with E-state index in [-0.39, 0.29) is 5.75 Å². The summed E-state index contributed by atoms with van der Waals surface area (Å²) in [5.74, 6) is -1.52. The van der Waals surface area contributed by atoms with Gasteiger partial charge in [0, 0.05) is 9.85 Å². The summed E-state index contributed by atoms with van der Waals surface area (Å²) in [6.45, 7) is 0.334. The van der Waals surface area contributed by atoms with Crippen LogP contribution in [0.1, 0.15) is 23.5 Å². The molecular weight excluding hydrogens is 384 g/mol. The van der Waals surface area contributed by atoms with Gasteiger partial charge >= 0.3 is 0 Å². The molecule has 0 saturated heterocycles. The second kappa shape index (κ2) is 8.06. The summed E-state index contributed by atoms with van der Waals surface area (Å²) in [6, 6.07) is 2.49. The van der Waals surface area contributed by atoms with Crippen molar-refractivity contribution >= 4 is 38.9 Å². The van der Waals surface area contributed by atoms with Crippen molar-refractivity contribution in [3.8, 4) is 5.75 Å². The van der Waals surface area contributed by atoms with Gasteiger partial charge < -0.3 is 4.74 Å². The molecule has 0 N–H and O–H groups in total. The van der Waals surface area contributed by atoms with Gasteiger partial charge in [0.15, 0.2) is 11.6 Å². The van der Waals surface area contributed by atoms with Crippen LogP contribution >= 0.6 is 38.9 Å². The highest BCUT2D eigenvalue weighted by atomic mass is 79.9. The molecule has 21 heavy (non-hydrogen) atoms. The van der Waals surface area contributed by atoms with Gasteiger partial charge in [0.2, 0.25) is 5.82 Å². The number of halogens is 4. The zero-order valence-corrected chi connectivity index (χ0v) is 14.2. The van der Waals surface area contributed by atoms with Crippen molar-refractivity contribution < 1.29 is 13.5 Å². The number of hydrogen-bond donors (Lipinski definition) is 0. The molecular formula is C14H13BrClF2NOS. The zero-order chi connectivity index (χ0) is 15.2. The smallest absolute Gasteiger partial charge is 0.200 e. The Morgan fingerprint density at radius 3 is 2.81 bits per heavy atom. The van der Waals surface area contributed by atoms with E-state index in [9.17, 15) is 8.78 Å². The number of nitrogens with zero attached hydrogens (tertiary/aromatic N) is 1. The highest BCUT2D eigenvalue weighted by molar-refractivity contribution is 9.10. The van der Waals surface area contributed by atoms with Gasteiger partial charge in [-0.15, -0.1) is 22.9 Å². The third kappa shape index (κ3) is 4.90. The molecule has 1 aromatic carbocycles. The van der Waals surface area contributed by atoms with Crippen molar-refractivity contribution in [3.63, 3.8) is 0 Å². The third-order valence-electron chi connectivity index (χ3n) is 2.74. The van der Waals surface area contributed by atoms with Crippen LogP contribution in [0.2, 0.25) is 0 Å². The lowest BCUT2D eigenvalue weighted by atomic mass is 10.2. The van der Waals surface area contributed by atoms with E-state index in [1.807, 2.05) is 5.38 Å². The molecule has 0 aliphatic carbocycles. The number of aromatic nitrogens is 1. The fourth-order valence-corrected chi connectivity index (χ4v) is 3.20. The minimum atomic E-state index is -0.954. The highest BCUT2D eigenvalue weighted by Crippen LogP contribution is 2.25. The van der Waals surface area contributed by atoms with Crippen LogP contribution in [0, 0.1) is 11.6 Å². The molecule has 0 unspecified atom stereocenters. The normalized spacial score (nSPS) is 10.9. The Labute approximate surface area is 139 Å². The number of benzene rings is 1. The summed E-state index contributed by atoms with van der Waals surface area (Å²) in [4.78, 5) is 4.35. The van der Waals surface area contributed by atoms with E-state index in [1.54, 1.807) is 11.3 Å². The summed E-state index contributed by atoms with van der Waals surface area (Å²) in [7, 11) is 0. The fraction of sp³-hybridized carbons (Fsp3) is 0.357. The van der Waals surface area contributed by atoms with Crippen LogP contribution in [-0.2, 0) is 12.3 Å². The maximum Gasteiger partial charge on any atom is 0.200 e. The molecule has 0 amide bonds. The SMILES string of the molecule is Fc1cc(Br)cc(OCCCCc2nc(CCl)cs2)c1F. The molecule has 0 aliphatic heterocycles. The molecule has 0 spiro atoms. The van der Waals surface area contributed by atoms with Crippen molar-refractivity contribution in [2.45, 2.75) is 25.1 Å². The summed E-state index contributed by atoms with van der Waals surface area (Å²) < 4.78 is 32.4. The van der Waals surface area contributed by atoms with Crippen molar-refractivity contribution in [1.82, 2.24) is 4.98 Å². The third-order valence-corrected chi connectivity index (χ3v) is 4.43. The maximum atomic E-state index is 13.5. The second-order valence-corrected chi connectivity index (χ2v) is 6.50. The minimum Gasteiger partial charge on any atom is -0.490 e. The minimum absolute atomic E-state index is 0.0689. The molecule has 0 fully saturated rings. The number of rotatable bonds is 7. The quantitative estimate of drug-likeness (QED) is 0.359. The van der Waals surface area contributed by atoms with Crippen LogP contribution in [0.15, 0.2) is 22.0 Å². The van der Waals surface area contributed by atoms with E-state index in [2.05, 4.69) is 20.9 Å². The van der Waals surface area contributed by atoms with Crippen LogP contribution < -0.4 is 4.74 Å². The fourth-order valence-electron chi connectivity index (χ4n) is 1.72. The zero-order valence-electron chi connectivity index (χ0n) is 11.0. The Morgan fingerprint density at radius 2 is 2.10 bits per heavy atom. The number of thiazole rings is 1. The van der Waals surface area contributed by atoms with Gasteiger partial charge in [-0.25, -0.2) is 9.37 Å². The van der Waals surface area contributed by atoms with Gasteiger partial charge in [0.1, 0.15) is 0 Å². The molecule has 7 heteroatoms. The lowest BCUT2D eigenvalue weighted by Gasteiger charge is -2.08. The summed E-state index contributed by atoms with van der Waals surface area (Å²) in [6.07, 6.45) is 2.44. The first-order chi connectivity index (χ1) is 10.1. The van der Waals surface area contributed by atoms with E-state index in [0.29, 0.717) is 17.0 Å². The average Bonchev–Trinajstić information content (AvgIpc) is 2.91. The van der Waals surface area contributed by atoms with E-state index < -0.39 is 11.6 Å². The van der Waals surface area contributed by atoms with E-state index in [0.717, 1.165) is 36.0 Å². The predicted octanol–water partition coefficient (Wildman–Crippen LogP) is 5.32. The van der Waals surface area contributed by atoms with E-state index in [4.69, 9.17) is 16.3 Å². The maximum absolute atomic E-state index is 13.5. The van der Waals surface area contributed by atoms with Crippen molar-refractivity contribution in [3.05, 3.63) is 44.3 Å². The monoisotopic (exact) mass is 395 g/mol. The molecule has 1 heterocycles. The number of hydrogen-bond acceptors (Lipinski definition) is 3. The van der Waals surface area contributed by atoms with E-state index in [1.165, 1.54) is 6.07 Å². The second-order valence-electron chi connectivity index (χ2n) is 4.37. The van der Waals surface area contributed by atoms with Crippen LogP contribution in [0.5, 0.6) is 5.75 Å². The van der Waals surface area contributed by atoms with Crippen molar-refractivity contribution in [1.29, 1.82) is 0 Å². The largest absolute Gasteiger partial charge is 0.490 e. The number of unbranched alkanes of at least 4 members (excludes halogenated alkanes) is 1. The number of ether oxygens (including phenoxy) is 1. The Bertz CT molecular complexity index is 609. The molecule has 0 saturated carbocycles. The molecule has 114 valence electrons. The van der Waals surface area contributed by atoms with Gasteiger partial charge in [-0.05, 0) is 31.4 Å². The van der Waals surface area contributed by atoms with Crippen LogP contribution in [-0.4, -0.2) is 11.6 Å². The first kappa shape index (κ1) is 16.6. The summed E-state index contributed by atoms with van der Waals surface area (Å²) in [5.41, 5.74) is 0.889. The molecule has 2 nitrogen and oxygen atoms in total. The van der Waals surface area contributed by atoms with Gasteiger partial charge in [-0.3, -0.25) is 0 Å². The standard InChI is InChI=1S/C14H13BrClF2NOS/c15-9-5-11(17)14(18)12(6-9)20-4-2-1-3-13-19-10(7-16)8-21-13/h5-6,8H,1-4,7H2.